The fourth-order valence-electron chi connectivity index (χ4n) is 4.02. The lowest BCUT2D eigenvalue weighted by Crippen LogP contribution is -2.51. The second-order valence-corrected chi connectivity index (χ2v) is 8.65. The van der Waals surface area contributed by atoms with Crippen LogP contribution in [0, 0.1) is 11.3 Å². The zero-order valence-electron chi connectivity index (χ0n) is 14.9. The van der Waals surface area contributed by atoms with Crippen LogP contribution in [0.3, 0.4) is 0 Å². The highest BCUT2D eigenvalue weighted by Crippen LogP contribution is 2.33. The Labute approximate surface area is 131 Å². The minimum Gasteiger partial charge on any atom is -0.381 e. The first-order valence-electron chi connectivity index (χ1n) is 8.84. The molecule has 2 fully saturated rings. The van der Waals surface area contributed by atoms with E-state index >= 15 is 0 Å². The van der Waals surface area contributed by atoms with E-state index in [9.17, 15) is 0 Å². The molecule has 2 aliphatic rings. The van der Waals surface area contributed by atoms with Crippen LogP contribution < -0.4 is 5.32 Å². The average Bonchev–Trinajstić information content (AvgIpc) is 2.85. The van der Waals surface area contributed by atoms with Crippen LogP contribution in [0.4, 0.5) is 0 Å². The van der Waals surface area contributed by atoms with Crippen molar-refractivity contribution in [1.29, 1.82) is 0 Å². The third kappa shape index (κ3) is 4.94. The van der Waals surface area contributed by atoms with Crippen molar-refractivity contribution in [2.75, 3.05) is 33.4 Å². The fourth-order valence-corrected chi connectivity index (χ4v) is 4.02. The molecule has 0 amide bonds. The van der Waals surface area contributed by atoms with E-state index in [2.05, 4.69) is 45.0 Å². The average molecular weight is 296 g/mol. The minimum absolute atomic E-state index is 0.187. The Morgan fingerprint density at radius 1 is 1.24 bits per heavy atom. The summed E-state index contributed by atoms with van der Waals surface area (Å²) in [6.45, 7) is 13.3. The first-order chi connectivity index (χ1) is 9.81. The van der Waals surface area contributed by atoms with Crippen LogP contribution in [0.2, 0.25) is 0 Å². The van der Waals surface area contributed by atoms with Crippen molar-refractivity contribution in [1.82, 2.24) is 10.2 Å². The predicted octanol–water partition coefficient (Wildman–Crippen LogP) is 3.29. The van der Waals surface area contributed by atoms with Crippen LogP contribution in [0.5, 0.6) is 0 Å². The molecule has 1 saturated carbocycles. The van der Waals surface area contributed by atoms with E-state index < -0.39 is 0 Å². The summed E-state index contributed by atoms with van der Waals surface area (Å²) in [6, 6.07) is 0.769. The summed E-state index contributed by atoms with van der Waals surface area (Å²) in [6.07, 6.45) is 6.80. The molecule has 3 unspecified atom stereocenters. The van der Waals surface area contributed by atoms with Crippen molar-refractivity contribution >= 4 is 0 Å². The molecule has 0 spiro atoms. The number of nitrogens with zero attached hydrogens (tertiary/aromatic N) is 1. The highest BCUT2D eigenvalue weighted by molar-refractivity contribution is 4.92. The molecule has 1 aliphatic heterocycles. The first kappa shape index (κ1) is 17.2. The van der Waals surface area contributed by atoms with Crippen LogP contribution >= 0.6 is 0 Å². The van der Waals surface area contributed by atoms with E-state index in [-0.39, 0.29) is 5.54 Å². The van der Waals surface area contributed by atoms with E-state index in [4.69, 9.17) is 4.74 Å². The lowest BCUT2D eigenvalue weighted by Gasteiger charge is -2.42. The number of ether oxygens (including phenoxy) is 1. The number of hydrogen-bond acceptors (Lipinski definition) is 3. The third-order valence-corrected chi connectivity index (χ3v) is 5.40. The molecule has 2 rings (SSSR count). The highest BCUT2D eigenvalue weighted by Gasteiger charge is 2.38. The van der Waals surface area contributed by atoms with Crippen molar-refractivity contribution in [3.05, 3.63) is 0 Å². The number of hydrogen-bond donors (Lipinski definition) is 1. The molecule has 1 heterocycles. The number of nitrogens with one attached hydrogen (secondary N) is 1. The van der Waals surface area contributed by atoms with Gasteiger partial charge in [0.1, 0.15) is 0 Å². The molecule has 0 aromatic heterocycles. The molecule has 124 valence electrons. The van der Waals surface area contributed by atoms with Crippen molar-refractivity contribution in [3.8, 4) is 0 Å². The largest absolute Gasteiger partial charge is 0.381 e. The molecule has 3 nitrogen and oxygen atoms in total. The van der Waals surface area contributed by atoms with E-state index in [0.717, 1.165) is 31.7 Å². The van der Waals surface area contributed by atoms with Crippen LogP contribution in [0.1, 0.15) is 59.8 Å². The summed E-state index contributed by atoms with van der Waals surface area (Å²) in [4.78, 5) is 2.64. The first-order valence-corrected chi connectivity index (χ1v) is 8.84. The van der Waals surface area contributed by atoms with Crippen molar-refractivity contribution in [2.24, 2.45) is 11.3 Å². The van der Waals surface area contributed by atoms with Gasteiger partial charge in [0.05, 0.1) is 6.61 Å². The second kappa shape index (κ2) is 6.97. The fraction of sp³-hybridized carbons (Fsp3) is 1.00. The summed E-state index contributed by atoms with van der Waals surface area (Å²) in [5.74, 6) is 0.846. The van der Waals surface area contributed by atoms with Gasteiger partial charge >= 0.3 is 0 Å². The summed E-state index contributed by atoms with van der Waals surface area (Å²) in [5.41, 5.74) is 0.492. The summed E-state index contributed by atoms with van der Waals surface area (Å²) in [7, 11) is 2.34. The normalized spacial score (nSPS) is 34.6. The molecule has 3 heteroatoms. The Balaban J connectivity index is 1.95. The Morgan fingerprint density at radius 2 is 1.95 bits per heavy atom. The van der Waals surface area contributed by atoms with Gasteiger partial charge in [-0.1, -0.05) is 19.8 Å². The van der Waals surface area contributed by atoms with Gasteiger partial charge in [0.2, 0.25) is 0 Å². The third-order valence-electron chi connectivity index (χ3n) is 5.40. The van der Waals surface area contributed by atoms with Crippen LogP contribution in [0.25, 0.3) is 0 Å². The van der Waals surface area contributed by atoms with Gasteiger partial charge in [-0.15, -0.1) is 0 Å². The second-order valence-electron chi connectivity index (χ2n) is 8.65. The maximum Gasteiger partial charge on any atom is 0.0547 e. The number of rotatable bonds is 5. The van der Waals surface area contributed by atoms with Gasteiger partial charge < -0.3 is 15.0 Å². The maximum atomic E-state index is 5.77. The zero-order valence-corrected chi connectivity index (χ0v) is 14.9. The smallest absolute Gasteiger partial charge is 0.0547 e. The molecule has 0 aromatic rings. The molecule has 0 radical (unpaired) electrons. The molecule has 1 aliphatic carbocycles. The Bertz CT molecular complexity index is 318. The zero-order chi connectivity index (χ0) is 15.5. The van der Waals surface area contributed by atoms with E-state index in [1.54, 1.807) is 0 Å². The lowest BCUT2D eigenvalue weighted by molar-refractivity contribution is 0.0662. The lowest BCUT2D eigenvalue weighted by atomic mass is 9.81. The Morgan fingerprint density at radius 3 is 2.52 bits per heavy atom. The van der Waals surface area contributed by atoms with Gasteiger partial charge in [0, 0.05) is 36.7 Å². The maximum absolute atomic E-state index is 5.77. The summed E-state index contributed by atoms with van der Waals surface area (Å²) >= 11 is 0. The molecule has 21 heavy (non-hydrogen) atoms. The van der Waals surface area contributed by atoms with Crippen molar-refractivity contribution in [2.45, 2.75) is 71.4 Å². The summed E-state index contributed by atoms with van der Waals surface area (Å²) in [5, 5.41) is 3.72. The molecular formula is C18H36N2O. The van der Waals surface area contributed by atoms with Gasteiger partial charge in [-0.05, 0) is 53.0 Å². The SMILES string of the molecule is CC1CCCCC1N(C)CC1(CNC(C)(C)C)CCOC1. The van der Waals surface area contributed by atoms with Crippen molar-refractivity contribution in [3.63, 3.8) is 0 Å². The van der Waals surface area contributed by atoms with E-state index in [1.165, 1.54) is 38.6 Å². The van der Waals surface area contributed by atoms with Crippen molar-refractivity contribution < 1.29 is 4.74 Å². The standard InChI is InChI=1S/C18H36N2O/c1-15-8-6-7-9-16(15)20(5)13-18(10-11-21-14-18)12-19-17(2,3)4/h15-16,19H,6-14H2,1-5H3. The highest BCUT2D eigenvalue weighted by atomic mass is 16.5. The minimum atomic E-state index is 0.187. The molecular weight excluding hydrogens is 260 g/mol. The summed E-state index contributed by atoms with van der Waals surface area (Å²) < 4.78 is 5.77. The Hall–Kier alpha value is -0.120. The topological polar surface area (TPSA) is 24.5 Å². The van der Waals surface area contributed by atoms with Crippen LogP contribution in [-0.4, -0.2) is 49.8 Å². The van der Waals surface area contributed by atoms with E-state index in [0.29, 0.717) is 5.41 Å². The van der Waals surface area contributed by atoms with Gasteiger partial charge in [-0.3, -0.25) is 0 Å². The molecule has 0 bridgehead atoms. The van der Waals surface area contributed by atoms with Gasteiger partial charge in [0.15, 0.2) is 0 Å². The molecule has 0 aromatic carbocycles. The quantitative estimate of drug-likeness (QED) is 0.842. The monoisotopic (exact) mass is 296 g/mol. The Kier molecular flexibility index (Phi) is 5.72. The molecule has 3 atom stereocenters. The molecule has 1 N–H and O–H groups in total. The van der Waals surface area contributed by atoms with Gasteiger partial charge in [0.25, 0.3) is 0 Å². The molecule has 1 saturated heterocycles. The van der Waals surface area contributed by atoms with Gasteiger partial charge in [-0.2, -0.15) is 0 Å². The van der Waals surface area contributed by atoms with Crippen LogP contribution in [-0.2, 0) is 4.74 Å². The van der Waals surface area contributed by atoms with Crippen LogP contribution in [0.15, 0.2) is 0 Å². The van der Waals surface area contributed by atoms with Gasteiger partial charge in [-0.25, -0.2) is 0 Å². The van der Waals surface area contributed by atoms with E-state index in [1.807, 2.05) is 0 Å². The predicted molar refractivity (Wildman–Crippen MR) is 89.7 cm³/mol.